The molecular formula is C16H18N2O3S. The van der Waals surface area contributed by atoms with Crippen molar-refractivity contribution in [3.8, 4) is 11.5 Å². The number of likely N-dealkylation sites (N-methyl/N-ethyl adjacent to an activating group) is 2. The van der Waals surface area contributed by atoms with Gasteiger partial charge in [0.2, 0.25) is 0 Å². The number of carbonyl (C=O) groups is 1. The molecule has 1 aliphatic heterocycles. The van der Waals surface area contributed by atoms with Crippen molar-refractivity contribution in [1.82, 2.24) is 9.80 Å². The first-order valence-corrected chi connectivity index (χ1v) is 7.09. The summed E-state index contributed by atoms with van der Waals surface area (Å²) in [6.45, 7) is 4.01. The fourth-order valence-electron chi connectivity index (χ4n) is 2.09. The summed E-state index contributed by atoms with van der Waals surface area (Å²) in [6.07, 6.45) is 3.44. The molecule has 0 bridgehead atoms. The van der Waals surface area contributed by atoms with Crippen molar-refractivity contribution in [2.24, 2.45) is 0 Å². The minimum atomic E-state index is -0.126. The minimum Gasteiger partial charge on any atom is -0.493 e. The molecule has 0 spiro atoms. The number of methoxy groups -OCH3 is 1. The Balaban J connectivity index is 2.34. The molecule has 116 valence electrons. The Kier molecular flexibility index (Phi) is 4.82. The molecule has 1 aromatic carbocycles. The van der Waals surface area contributed by atoms with Crippen LogP contribution in [0.15, 0.2) is 36.6 Å². The molecule has 5 nitrogen and oxygen atoms in total. The molecule has 1 aromatic rings. The number of nitrogens with zero attached hydrogens (tertiary/aromatic N) is 2. The third-order valence-corrected chi connectivity index (χ3v) is 3.85. The maximum atomic E-state index is 12.2. The van der Waals surface area contributed by atoms with E-state index in [1.54, 1.807) is 44.3 Å². The zero-order chi connectivity index (χ0) is 16.3. The Labute approximate surface area is 135 Å². The van der Waals surface area contributed by atoms with E-state index in [0.29, 0.717) is 28.9 Å². The van der Waals surface area contributed by atoms with E-state index in [2.05, 4.69) is 6.58 Å². The van der Waals surface area contributed by atoms with Crippen LogP contribution in [0, 0.1) is 0 Å². The number of amides is 1. The first kappa shape index (κ1) is 16.0. The second-order valence-corrected chi connectivity index (χ2v) is 5.11. The topological polar surface area (TPSA) is 42.0 Å². The van der Waals surface area contributed by atoms with Gasteiger partial charge in [0.1, 0.15) is 12.3 Å². The summed E-state index contributed by atoms with van der Waals surface area (Å²) in [4.78, 5) is 15.3. The van der Waals surface area contributed by atoms with Crippen molar-refractivity contribution >= 4 is 29.3 Å². The number of hydrogen-bond donors (Lipinski definition) is 0. The van der Waals surface area contributed by atoms with Gasteiger partial charge in [0.25, 0.3) is 5.91 Å². The predicted molar refractivity (Wildman–Crippen MR) is 89.8 cm³/mol. The smallest absolute Gasteiger partial charge is 0.276 e. The Bertz CT molecular complexity index is 655. The van der Waals surface area contributed by atoms with Crippen LogP contribution in [-0.4, -0.2) is 48.6 Å². The molecule has 0 atom stereocenters. The van der Waals surface area contributed by atoms with E-state index in [1.165, 1.54) is 4.90 Å². The van der Waals surface area contributed by atoms with Gasteiger partial charge in [-0.25, -0.2) is 0 Å². The Hall–Kier alpha value is -2.34. The molecule has 0 unspecified atom stereocenters. The summed E-state index contributed by atoms with van der Waals surface area (Å²) in [5.74, 6) is 1.10. The van der Waals surface area contributed by atoms with Crippen LogP contribution in [0.4, 0.5) is 0 Å². The van der Waals surface area contributed by atoms with E-state index in [4.69, 9.17) is 21.7 Å². The van der Waals surface area contributed by atoms with Crippen molar-refractivity contribution in [2.75, 3.05) is 27.8 Å². The van der Waals surface area contributed by atoms with Gasteiger partial charge in [0, 0.05) is 14.1 Å². The number of thiocarbonyl (C=S) groups is 1. The molecule has 2 rings (SSSR count). The SMILES string of the molecule is C=CCOc1ccc(/C=C2/C(=O)N(C)C(=S)N2C)cc1OC. The lowest BCUT2D eigenvalue weighted by Gasteiger charge is -2.12. The molecule has 0 saturated carbocycles. The average Bonchev–Trinajstić information content (AvgIpc) is 2.71. The van der Waals surface area contributed by atoms with E-state index in [0.717, 1.165) is 5.56 Å². The molecule has 1 amide bonds. The lowest BCUT2D eigenvalue weighted by atomic mass is 10.1. The van der Waals surface area contributed by atoms with E-state index >= 15 is 0 Å². The highest BCUT2D eigenvalue weighted by atomic mass is 32.1. The summed E-state index contributed by atoms with van der Waals surface area (Å²) >= 11 is 5.19. The molecule has 0 aromatic heterocycles. The highest BCUT2D eigenvalue weighted by Gasteiger charge is 2.32. The molecule has 0 N–H and O–H groups in total. The molecule has 22 heavy (non-hydrogen) atoms. The van der Waals surface area contributed by atoms with Crippen LogP contribution in [0.5, 0.6) is 11.5 Å². The fourth-order valence-corrected chi connectivity index (χ4v) is 2.27. The Morgan fingerprint density at radius 1 is 1.27 bits per heavy atom. The largest absolute Gasteiger partial charge is 0.493 e. The lowest BCUT2D eigenvalue weighted by molar-refractivity contribution is -0.121. The van der Waals surface area contributed by atoms with Gasteiger partial charge in [-0.3, -0.25) is 9.69 Å². The average molecular weight is 318 g/mol. The van der Waals surface area contributed by atoms with Gasteiger partial charge in [-0.2, -0.15) is 0 Å². The van der Waals surface area contributed by atoms with E-state index < -0.39 is 0 Å². The minimum absolute atomic E-state index is 0.126. The fraction of sp³-hybridized carbons (Fsp3) is 0.250. The van der Waals surface area contributed by atoms with Crippen molar-refractivity contribution in [3.63, 3.8) is 0 Å². The van der Waals surface area contributed by atoms with Gasteiger partial charge in [-0.1, -0.05) is 18.7 Å². The quantitative estimate of drug-likeness (QED) is 0.473. The molecule has 0 aliphatic carbocycles. The number of rotatable bonds is 5. The first-order chi connectivity index (χ1) is 10.5. The van der Waals surface area contributed by atoms with E-state index in [1.807, 2.05) is 12.1 Å². The Morgan fingerprint density at radius 3 is 2.55 bits per heavy atom. The zero-order valence-corrected chi connectivity index (χ0v) is 13.6. The Morgan fingerprint density at radius 2 is 2.00 bits per heavy atom. The van der Waals surface area contributed by atoms with Crippen molar-refractivity contribution in [3.05, 3.63) is 42.1 Å². The molecule has 1 aliphatic rings. The van der Waals surface area contributed by atoms with Crippen LogP contribution in [0.1, 0.15) is 5.56 Å². The normalized spacial score (nSPS) is 16.4. The van der Waals surface area contributed by atoms with E-state index in [9.17, 15) is 4.79 Å². The van der Waals surface area contributed by atoms with Gasteiger partial charge in [-0.05, 0) is 36.0 Å². The predicted octanol–water partition coefficient (Wildman–Crippen LogP) is 2.29. The van der Waals surface area contributed by atoms with Gasteiger partial charge in [0.15, 0.2) is 16.6 Å². The maximum Gasteiger partial charge on any atom is 0.276 e. The second-order valence-electron chi connectivity index (χ2n) is 4.75. The van der Waals surface area contributed by atoms with Crippen LogP contribution in [0.2, 0.25) is 0 Å². The monoisotopic (exact) mass is 318 g/mol. The summed E-state index contributed by atoms with van der Waals surface area (Å²) in [5.41, 5.74) is 1.35. The number of ether oxygens (including phenoxy) is 2. The highest BCUT2D eigenvalue weighted by Crippen LogP contribution is 2.30. The summed E-state index contributed by atoms with van der Waals surface area (Å²) in [5, 5.41) is 0.481. The number of carbonyl (C=O) groups excluding carboxylic acids is 1. The molecule has 0 radical (unpaired) electrons. The first-order valence-electron chi connectivity index (χ1n) is 6.68. The highest BCUT2D eigenvalue weighted by molar-refractivity contribution is 7.80. The zero-order valence-electron chi connectivity index (χ0n) is 12.8. The number of benzene rings is 1. The van der Waals surface area contributed by atoms with Gasteiger partial charge < -0.3 is 14.4 Å². The van der Waals surface area contributed by atoms with Crippen molar-refractivity contribution in [1.29, 1.82) is 0 Å². The second kappa shape index (κ2) is 6.62. The lowest BCUT2D eigenvalue weighted by Crippen LogP contribution is -2.26. The van der Waals surface area contributed by atoms with Gasteiger partial charge in [0.05, 0.1) is 7.11 Å². The third-order valence-electron chi connectivity index (χ3n) is 3.31. The van der Waals surface area contributed by atoms with Crippen LogP contribution in [-0.2, 0) is 4.79 Å². The maximum absolute atomic E-state index is 12.2. The van der Waals surface area contributed by atoms with Crippen LogP contribution < -0.4 is 9.47 Å². The molecule has 6 heteroatoms. The molecule has 1 heterocycles. The molecule has 1 fully saturated rings. The standard InChI is InChI=1S/C16H18N2O3S/c1-5-8-21-13-7-6-11(10-14(13)20-4)9-12-15(19)18(3)16(22)17(12)2/h5-7,9-10H,1,8H2,2-4H3/b12-9-. The van der Waals surface area contributed by atoms with Crippen molar-refractivity contribution in [2.45, 2.75) is 0 Å². The number of hydrogen-bond acceptors (Lipinski definition) is 4. The van der Waals surface area contributed by atoms with Gasteiger partial charge >= 0.3 is 0 Å². The summed E-state index contributed by atoms with van der Waals surface area (Å²) in [6, 6.07) is 5.47. The van der Waals surface area contributed by atoms with Crippen molar-refractivity contribution < 1.29 is 14.3 Å². The summed E-state index contributed by atoms with van der Waals surface area (Å²) < 4.78 is 10.8. The molecular weight excluding hydrogens is 300 g/mol. The third kappa shape index (κ3) is 2.96. The van der Waals surface area contributed by atoms with Gasteiger partial charge in [-0.15, -0.1) is 0 Å². The van der Waals surface area contributed by atoms with Crippen LogP contribution >= 0.6 is 12.2 Å². The van der Waals surface area contributed by atoms with Crippen LogP contribution in [0.3, 0.4) is 0 Å². The van der Waals surface area contributed by atoms with Crippen LogP contribution in [0.25, 0.3) is 6.08 Å². The summed E-state index contributed by atoms with van der Waals surface area (Å²) in [7, 11) is 5.01. The molecule has 1 saturated heterocycles. The van der Waals surface area contributed by atoms with E-state index in [-0.39, 0.29) is 5.91 Å².